The van der Waals surface area contributed by atoms with E-state index in [2.05, 4.69) is 11.9 Å². The van der Waals surface area contributed by atoms with E-state index in [9.17, 15) is 4.79 Å². The van der Waals surface area contributed by atoms with Crippen LogP contribution in [0.3, 0.4) is 0 Å². The molecule has 2 heterocycles. The summed E-state index contributed by atoms with van der Waals surface area (Å²) in [5, 5.41) is 10.9. The van der Waals surface area contributed by atoms with Gasteiger partial charge in [-0.2, -0.15) is 0 Å². The van der Waals surface area contributed by atoms with Crippen LogP contribution in [0.1, 0.15) is 18.3 Å². The van der Waals surface area contributed by atoms with Gasteiger partial charge in [0.15, 0.2) is 4.96 Å². The van der Waals surface area contributed by atoms with E-state index in [0.29, 0.717) is 0 Å². The van der Waals surface area contributed by atoms with Crippen molar-refractivity contribution in [3.63, 3.8) is 0 Å². The lowest BCUT2D eigenvalue weighted by Gasteiger charge is -2.05. The van der Waals surface area contributed by atoms with Gasteiger partial charge in [0.05, 0.1) is 24.9 Å². The number of imidazole rings is 1. The molecule has 3 aromatic rings. The summed E-state index contributed by atoms with van der Waals surface area (Å²) in [6.07, 6.45) is 0.789. The van der Waals surface area contributed by atoms with Crippen molar-refractivity contribution in [2.75, 3.05) is 7.11 Å². The number of benzene rings is 1. The highest BCUT2D eigenvalue weighted by molar-refractivity contribution is 7.15. The average Bonchev–Trinajstić information content (AvgIpc) is 3.06. The maximum Gasteiger partial charge on any atom is 0.309 e. The van der Waals surface area contributed by atoms with Crippen molar-refractivity contribution in [1.29, 1.82) is 0 Å². The molecular formula is C16H16N2O3S. The van der Waals surface area contributed by atoms with Gasteiger partial charge in [0.1, 0.15) is 5.75 Å². The van der Waals surface area contributed by atoms with Crippen LogP contribution in [0.4, 0.5) is 0 Å². The molecule has 3 rings (SSSR count). The molecule has 5 nitrogen and oxygen atoms in total. The van der Waals surface area contributed by atoms with Crippen molar-refractivity contribution >= 4 is 22.3 Å². The highest BCUT2D eigenvalue weighted by atomic mass is 32.1. The highest BCUT2D eigenvalue weighted by Gasteiger charge is 2.18. The molecule has 1 aromatic carbocycles. The molecule has 0 saturated heterocycles. The minimum Gasteiger partial charge on any atom is -0.497 e. The van der Waals surface area contributed by atoms with Crippen LogP contribution >= 0.6 is 11.3 Å². The van der Waals surface area contributed by atoms with E-state index in [1.54, 1.807) is 7.11 Å². The zero-order valence-corrected chi connectivity index (χ0v) is 13.2. The topological polar surface area (TPSA) is 63.8 Å². The van der Waals surface area contributed by atoms with Gasteiger partial charge >= 0.3 is 5.97 Å². The Morgan fingerprint density at radius 1 is 1.36 bits per heavy atom. The minimum atomic E-state index is -0.832. The lowest BCUT2D eigenvalue weighted by atomic mass is 10.1. The number of rotatable bonds is 5. The SMILES string of the molecule is CCc1c(-c2ccc(OC)cc2)nc2scc(CC(=O)O)n12. The zero-order chi connectivity index (χ0) is 15.7. The van der Waals surface area contributed by atoms with E-state index in [0.717, 1.165) is 39.8 Å². The van der Waals surface area contributed by atoms with Crippen molar-refractivity contribution < 1.29 is 14.6 Å². The largest absolute Gasteiger partial charge is 0.497 e. The van der Waals surface area contributed by atoms with Gasteiger partial charge in [-0.25, -0.2) is 4.98 Å². The number of methoxy groups -OCH3 is 1. The van der Waals surface area contributed by atoms with Crippen molar-refractivity contribution in [2.45, 2.75) is 19.8 Å². The summed E-state index contributed by atoms with van der Waals surface area (Å²) < 4.78 is 7.15. The smallest absolute Gasteiger partial charge is 0.309 e. The molecule has 0 fully saturated rings. The first-order valence-corrected chi connectivity index (χ1v) is 7.86. The lowest BCUT2D eigenvalue weighted by molar-refractivity contribution is -0.136. The first kappa shape index (κ1) is 14.6. The number of carboxylic acid groups (broad SMARTS) is 1. The van der Waals surface area contributed by atoms with E-state index in [4.69, 9.17) is 9.84 Å². The van der Waals surface area contributed by atoms with Gasteiger partial charge in [0.2, 0.25) is 0 Å². The normalized spacial score (nSPS) is 11.0. The molecule has 2 aromatic heterocycles. The van der Waals surface area contributed by atoms with E-state index in [1.807, 2.05) is 34.0 Å². The quantitative estimate of drug-likeness (QED) is 0.784. The molecule has 0 saturated carbocycles. The molecule has 114 valence electrons. The fourth-order valence-electron chi connectivity index (χ4n) is 2.56. The third-order valence-electron chi connectivity index (χ3n) is 3.56. The standard InChI is InChI=1S/C16H16N2O3S/c1-3-13-15(10-4-6-12(21-2)7-5-10)17-16-18(13)11(9-22-16)8-14(19)20/h4-7,9H,3,8H2,1-2H3,(H,19,20). The third kappa shape index (κ3) is 2.46. The Bertz CT molecular complexity index is 818. The van der Waals surface area contributed by atoms with Crippen LogP contribution < -0.4 is 4.74 Å². The Hall–Kier alpha value is -2.34. The molecule has 0 spiro atoms. The first-order valence-electron chi connectivity index (χ1n) is 6.98. The van der Waals surface area contributed by atoms with Gasteiger partial charge in [0, 0.05) is 16.6 Å². The van der Waals surface area contributed by atoms with Crippen molar-refractivity contribution in [3.05, 3.63) is 41.0 Å². The molecule has 0 aliphatic carbocycles. The zero-order valence-electron chi connectivity index (χ0n) is 12.4. The predicted molar refractivity (Wildman–Crippen MR) is 85.8 cm³/mol. The molecule has 0 aliphatic heterocycles. The fraction of sp³-hybridized carbons (Fsp3) is 0.250. The molecule has 0 atom stereocenters. The molecule has 1 N–H and O–H groups in total. The summed E-state index contributed by atoms with van der Waals surface area (Å²) in [5.74, 6) is -0.0316. The maximum atomic E-state index is 11.0. The number of thiazole rings is 1. The van der Waals surface area contributed by atoms with Gasteiger partial charge in [-0.3, -0.25) is 9.20 Å². The van der Waals surface area contributed by atoms with Crippen LogP contribution in [0, 0.1) is 0 Å². The maximum absolute atomic E-state index is 11.0. The summed E-state index contributed by atoms with van der Waals surface area (Å²) in [5.41, 5.74) is 3.73. The number of aryl methyl sites for hydroxylation is 1. The number of hydrogen-bond acceptors (Lipinski definition) is 4. The van der Waals surface area contributed by atoms with Crippen LogP contribution in [-0.4, -0.2) is 27.6 Å². The number of ether oxygens (including phenoxy) is 1. The molecular weight excluding hydrogens is 300 g/mol. The van der Waals surface area contributed by atoms with Gasteiger partial charge in [-0.15, -0.1) is 11.3 Å². The lowest BCUT2D eigenvalue weighted by Crippen LogP contribution is -2.04. The summed E-state index contributed by atoms with van der Waals surface area (Å²) in [6, 6.07) is 7.75. The van der Waals surface area contributed by atoms with Gasteiger partial charge in [0.25, 0.3) is 0 Å². The van der Waals surface area contributed by atoms with Crippen molar-refractivity contribution in [3.8, 4) is 17.0 Å². The Morgan fingerprint density at radius 2 is 2.09 bits per heavy atom. The second kappa shape index (κ2) is 5.81. The molecule has 6 heteroatoms. The number of carboxylic acids is 1. The van der Waals surface area contributed by atoms with E-state index in [1.165, 1.54) is 11.3 Å². The second-order valence-electron chi connectivity index (χ2n) is 4.90. The number of hydrogen-bond donors (Lipinski definition) is 1. The number of nitrogens with zero attached hydrogens (tertiary/aromatic N) is 2. The molecule has 0 unspecified atom stereocenters. The molecule has 0 amide bonds. The highest BCUT2D eigenvalue weighted by Crippen LogP contribution is 2.30. The number of carbonyl (C=O) groups is 1. The summed E-state index contributed by atoms with van der Waals surface area (Å²) >= 11 is 1.47. The summed E-state index contributed by atoms with van der Waals surface area (Å²) in [6.45, 7) is 2.05. The summed E-state index contributed by atoms with van der Waals surface area (Å²) in [7, 11) is 1.64. The van der Waals surface area contributed by atoms with Crippen LogP contribution in [0.5, 0.6) is 5.75 Å². The second-order valence-corrected chi connectivity index (χ2v) is 5.74. The molecule has 0 aliphatic rings. The Balaban J connectivity index is 2.13. The first-order chi connectivity index (χ1) is 10.6. The number of aromatic nitrogens is 2. The molecule has 0 radical (unpaired) electrons. The Labute approximate surface area is 131 Å². The minimum absolute atomic E-state index is 0.00537. The van der Waals surface area contributed by atoms with Crippen LogP contribution in [0.15, 0.2) is 29.6 Å². The van der Waals surface area contributed by atoms with Crippen molar-refractivity contribution in [2.24, 2.45) is 0 Å². The van der Waals surface area contributed by atoms with Gasteiger partial charge in [-0.1, -0.05) is 6.92 Å². The van der Waals surface area contributed by atoms with Gasteiger partial charge in [-0.05, 0) is 30.7 Å². The van der Waals surface area contributed by atoms with Crippen LogP contribution in [0.2, 0.25) is 0 Å². The fourth-order valence-corrected chi connectivity index (χ4v) is 3.47. The summed E-state index contributed by atoms with van der Waals surface area (Å²) in [4.78, 5) is 16.5. The van der Waals surface area contributed by atoms with Crippen LogP contribution in [-0.2, 0) is 17.6 Å². The van der Waals surface area contributed by atoms with E-state index in [-0.39, 0.29) is 6.42 Å². The molecule has 0 bridgehead atoms. The van der Waals surface area contributed by atoms with Gasteiger partial charge < -0.3 is 9.84 Å². The van der Waals surface area contributed by atoms with E-state index >= 15 is 0 Å². The third-order valence-corrected chi connectivity index (χ3v) is 4.43. The predicted octanol–water partition coefficient (Wildman–Crippen LogP) is 3.26. The Kier molecular flexibility index (Phi) is 3.85. The average molecular weight is 316 g/mol. The number of fused-ring (bicyclic) bond motifs is 1. The Morgan fingerprint density at radius 3 is 2.68 bits per heavy atom. The van der Waals surface area contributed by atoms with Crippen molar-refractivity contribution in [1.82, 2.24) is 9.38 Å². The number of aliphatic carboxylic acids is 1. The van der Waals surface area contributed by atoms with E-state index < -0.39 is 5.97 Å². The monoisotopic (exact) mass is 316 g/mol. The molecule has 22 heavy (non-hydrogen) atoms. The van der Waals surface area contributed by atoms with Crippen LogP contribution in [0.25, 0.3) is 16.2 Å².